The van der Waals surface area contributed by atoms with Crippen LogP contribution >= 0.6 is 24.0 Å². The van der Waals surface area contributed by atoms with Crippen molar-refractivity contribution in [2.24, 2.45) is 4.99 Å². The lowest BCUT2D eigenvalue weighted by molar-refractivity contribution is 0.0698. The van der Waals surface area contributed by atoms with Crippen molar-refractivity contribution in [3.63, 3.8) is 0 Å². The van der Waals surface area contributed by atoms with E-state index in [2.05, 4.69) is 15.6 Å². The van der Waals surface area contributed by atoms with Crippen LogP contribution in [0.3, 0.4) is 0 Å². The molecule has 0 saturated carbocycles. The van der Waals surface area contributed by atoms with Crippen molar-refractivity contribution in [3.05, 3.63) is 29.8 Å². The second kappa shape index (κ2) is 15.5. The Labute approximate surface area is 162 Å². The largest absolute Gasteiger partial charge is 0.508 e. The van der Waals surface area contributed by atoms with Crippen LogP contribution in [0.15, 0.2) is 29.3 Å². The van der Waals surface area contributed by atoms with Gasteiger partial charge in [-0.25, -0.2) is 0 Å². The molecular weight excluding hydrogens is 421 g/mol. The third-order valence-corrected chi connectivity index (χ3v) is 3.28. The van der Waals surface area contributed by atoms with Crippen molar-refractivity contribution < 1.29 is 14.6 Å². The Kier molecular flexibility index (Phi) is 14.8. The van der Waals surface area contributed by atoms with Crippen LogP contribution in [0.2, 0.25) is 0 Å². The summed E-state index contributed by atoms with van der Waals surface area (Å²) in [5.41, 5.74) is 1.22. The number of guanidine groups is 1. The standard InChI is InChI=1S/C17H29N3O3.HI/c1-18-17(20-11-4-12-23-14-13-22-2)19-10-3-5-15-6-8-16(21)9-7-15;/h6-9,21H,3-5,10-14H2,1-2H3,(H2,18,19,20);1H. The molecule has 0 atom stereocenters. The van der Waals surface area contributed by atoms with Gasteiger partial charge in [0.1, 0.15) is 5.75 Å². The van der Waals surface area contributed by atoms with Crippen LogP contribution < -0.4 is 10.6 Å². The highest BCUT2D eigenvalue weighted by Gasteiger charge is 1.98. The zero-order chi connectivity index (χ0) is 16.8. The zero-order valence-corrected chi connectivity index (χ0v) is 16.9. The predicted molar refractivity (Wildman–Crippen MR) is 109 cm³/mol. The van der Waals surface area contributed by atoms with E-state index in [1.807, 2.05) is 12.1 Å². The van der Waals surface area contributed by atoms with Gasteiger partial charge in [-0.1, -0.05) is 12.1 Å². The van der Waals surface area contributed by atoms with E-state index in [9.17, 15) is 5.11 Å². The number of aliphatic imine (C=N–C) groups is 1. The molecule has 0 radical (unpaired) electrons. The molecule has 0 aliphatic rings. The number of benzene rings is 1. The van der Waals surface area contributed by atoms with Crippen LogP contribution in [-0.2, 0) is 15.9 Å². The minimum atomic E-state index is 0. The normalized spacial score (nSPS) is 11.0. The molecule has 1 aromatic carbocycles. The van der Waals surface area contributed by atoms with Crippen LogP contribution in [0.25, 0.3) is 0 Å². The molecule has 6 nitrogen and oxygen atoms in total. The lowest BCUT2D eigenvalue weighted by Crippen LogP contribution is -2.38. The molecule has 3 N–H and O–H groups in total. The molecule has 0 aliphatic heterocycles. The van der Waals surface area contributed by atoms with Crippen LogP contribution in [0.5, 0.6) is 5.75 Å². The Morgan fingerprint density at radius 3 is 2.33 bits per heavy atom. The SMILES string of the molecule is CN=C(NCCCOCCOC)NCCCc1ccc(O)cc1.I. The highest BCUT2D eigenvalue weighted by atomic mass is 127. The van der Waals surface area contributed by atoms with E-state index in [4.69, 9.17) is 9.47 Å². The summed E-state index contributed by atoms with van der Waals surface area (Å²) < 4.78 is 10.3. The van der Waals surface area contributed by atoms with Crippen molar-refractivity contribution in [2.75, 3.05) is 47.1 Å². The number of rotatable bonds is 11. The first kappa shape index (κ1) is 22.9. The smallest absolute Gasteiger partial charge is 0.190 e. The average Bonchev–Trinajstić information content (AvgIpc) is 2.57. The molecule has 7 heteroatoms. The number of hydrogen-bond acceptors (Lipinski definition) is 4. The second-order valence-corrected chi connectivity index (χ2v) is 5.15. The molecule has 138 valence electrons. The van der Waals surface area contributed by atoms with E-state index < -0.39 is 0 Å². The molecule has 0 saturated heterocycles. The molecule has 0 aliphatic carbocycles. The number of phenolic OH excluding ortho intramolecular Hbond substituents is 1. The molecule has 0 aromatic heterocycles. The number of aryl methyl sites for hydroxylation is 1. The van der Waals surface area contributed by atoms with E-state index in [1.54, 1.807) is 26.3 Å². The highest BCUT2D eigenvalue weighted by molar-refractivity contribution is 14.0. The second-order valence-electron chi connectivity index (χ2n) is 5.15. The number of nitrogens with zero attached hydrogens (tertiary/aromatic N) is 1. The molecule has 0 bridgehead atoms. The molecular formula is C17H30IN3O3. The van der Waals surface area contributed by atoms with Gasteiger partial charge in [0, 0.05) is 33.9 Å². The monoisotopic (exact) mass is 451 g/mol. The van der Waals surface area contributed by atoms with Gasteiger partial charge in [-0.2, -0.15) is 0 Å². The number of methoxy groups -OCH3 is 1. The molecule has 0 heterocycles. The number of hydrogen-bond donors (Lipinski definition) is 3. The fourth-order valence-electron chi connectivity index (χ4n) is 2.01. The minimum Gasteiger partial charge on any atom is -0.508 e. The summed E-state index contributed by atoms with van der Waals surface area (Å²) in [5.74, 6) is 1.12. The zero-order valence-electron chi connectivity index (χ0n) is 14.6. The number of nitrogens with one attached hydrogen (secondary N) is 2. The first-order valence-corrected chi connectivity index (χ1v) is 8.05. The van der Waals surface area contributed by atoms with Gasteiger partial charge in [0.05, 0.1) is 13.2 Å². The van der Waals surface area contributed by atoms with Gasteiger partial charge in [-0.05, 0) is 37.0 Å². The lowest BCUT2D eigenvalue weighted by Gasteiger charge is -2.12. The first-order chi connectivity index (χ1) is 11.3. The van der Waals surface area contributed by atoms with Crippen LogP contribution in [0.1, 0.15) is 18.4 Å². The Balaban J connectivity index is 0.00000529. The highest BCUT2D eigenvalue weighted by Crippen LogP contribution is 2.10. The third-order valence-electron chi connectivity index (χ3n) is 3.28. The molecule has 0 amide bonds. The van der Waals surface area contributed by atoms with Crippen LogP contribution in [0.4, 0.5) is 0 Å². The lowest BCUT2D eigenvalue weighted by atomic mass is 10.1. The molecule has 24 heavy (non-hydrogen) atoms. The van der Waals surface area contributed by atoms with E-state index >= 15 is 0 Å². The summed E-state index contributed by atoms with van der Waals surface area (Å²) in [5, 5.41) is 15.8. The van der Waals surface area contributed by atoms with Gasteiger partial charge >= 0.3 is 0 Å². The molecule has 0 fully saturated rings. The van der Waals surface area contributed by atoms with Crippen molar-refractivity contribution in [1.29, 1.82) is 0 Å². The van der Waals surface area contributed by atoms with E-state index in [1.165, 1.54) is 5.56 Å². The summed E-state index contributed by atoms with van der Waals surface area (Å²) in [6, 6.07) is 7.34. The molecule has 1 aromatic rings. The molecule has 0 unspecified atom stereocenters. The topological polar surface area (TPSA) is 75.1 Å². The Bertz CT molecular complexity index is 441. The maximum Gasteiger partial charge on any atom is 0.190 e. The van der Waals surface area contributed by atoms with Gasteiger partial charge in [0.2, 0.25) is 0 Å². The van der Waals surface area contributed by atoms with Crippen molar-refractivity contribution in [3.8, 4) is 5.75 Å². The van der Waals surface area contributed by atoms with E-state index in [0.717, 1.165) is 38.3 Å². The Morgan fingerprint density at radius 2 is 1.71 bits per heavy atom. The minimum absolute atomic E-state index is 0. The quantitative estimate of drug-likeness (QED) is 0.208. The average molecular weight is 451 g/mol. The fraction of sp³-hybridized carbons (Fsp3) is 0.588. The van der Waals surface area contributed by atoms with Gasteiger partial charge in [0.25, 0.3) is 0 Å². The Hall–Kier alpha value is -1.06. The summed E-state index contributed by atoms with van der Waals surface area (Å²) in [6.45, 7) is 3.67. The third kappa shape index (κ3) is 11.5. The van der Waals surface area contributed by atoms with Crippen molar-refractivity contribution in [2.45, 2.75) is 19.3 Å². The van der Waals surface area contributed by atoms with Crippen molar-refractivity contribution >= 4 is 29.9 Å². The molecule has 1 rings (SSSR count). The molecule has 0 spiro atoms. The van der Waals surface area contributed by atoms with E-state index in [-0.39, 0.29) is 24.0 Å². The maximum absolute atomic E-state index is 9.24. The summed E-state index contributed by atoms with van der Waals surface area (Å²) in [7, 11) is 3.44. The summed E-state index contributed by atoms with van der Waals surface area (Å²) in [6.07, 6.45) is 2.90. The van der Waals surface area contributed by atoms with Gasteiger partial charge in [-0.3, -0.25) is 4.99 Å². The van der Waals surface area contributed by atoms with E-state index in [0.29, 0.717) is 25.6 Å². The fourth-order valence-corrected chi connectivity index (χ4v) is 2.01. The Morgan fingerprint density at radius 1 is 1.04 bits per heavy atom. The summed E-state index contributed by atoms with van der Waals surface area (Å²) >= 11 is 0. The first-order valence-electron chi connectivity index (χ1n) is 8.05. The number of phenols is 1. The van der Waals surface area contributed by atoms with Gasteiger partial charge < -0.3 is 25.2 Å². The predicted octanol–water partition coefficient (Wildman–Crippen LogP) is 2.16. The van der Waals surface area contributed by atoms with Crippen LogP contribution in [0, 0.1) is 0 Å². The number of ether oxygens (including phenoxy) is 2. The maximum atomic E-state index is 9.24. The van der Waals surface area contributed by atoms with Gasteiger partial charge in [0.15, 0.2) is 5.96 Å². The number of aromatic hydroxyl groups is 1. The van der Waals surface area contributed by atoms with Crippen LogP contribution in [-0.4, -0.2) is 58.1 Å². The number of halogens is 1. The summed E-state index contributed by atoms with van der Waals surface area (Å²) in [4.78, 5) is 4.19. The van der Waals surface area contributed by atoms with Crippen molar-refractivity contribution in [1.82, 2.24) is 10.6 Å². The van der Waals surface area contributed by atoms with Gasteiger partial charge in [-0.15, -0.1) is 24.0 Å².